The zero-order valence-corrected chi connectivity index (χ0v) is 41.6. The molecule has 4 fully saturated rings. The summed E-state index contributed by atoms with van der Waals surface area (Å²) in [5.74, 6) is 2.23. The van der Waals surface area contributed by atoms with Crippen molar-refractivity contribution in [1.82, 2.24) is 39.3 Å². The van der Waals surface area contributed by atoms with Crippen LogP contribution in [0.3, 0.4) is 0 Å². The Hall–Kier alpha value is -6.35. The number of ketones is 1. The minimum Gasteiger partial charge on any atom is -0.379 e. The zero-order valence-electron chi connectivity index (χ0n) is 41.6. The summed E-state index contributed by atoms with van der Waals surface area (Å²) in [7, 11) is 0. The van der Waals surface area contributed by atoms with Crippen molar-refractivity contribution >= 4 is 57.5 Å². The van der Waals surface area contributed by atoms with Gasteiger partial charge in [0.05, 0.1) is 63.5 Å². The molecule has 20 heteroatoms. The molecule has 2 N–H and O–H groups in total. The number of piperidine rings is 1. The Balaban J connectivity index is 0.603. The minimum atomic E-state index is -0.284. The lowest BCUT2D eigenvalue weighted by Crippen LogP contribution is -2.49. The molecular formula is C52H68FN13O6. The first-order valence-corrected chi connectivity index (χ1v) is 25.6. The number of hydrogen-bond donors (Lipinski definition) is 2. The molecule has 0 spiro atoms. The number of pyridine rings is 2. The number of halogens is 1. The molecule has 1 aromatic carbocycles. The van der Waals surface area contributed by atoms with Gasteiger partial charge in [-0.15, -0.1) is 0 Å². The van der Waals surface area contributed by atoms with Gasteiger partial charge in [-0.2, -0.15) is 4.98 Å². The maximum absolute atomic E-state index is 13.8. The number of aryl methyl sites for hydroxylation is 1. The van der Waals surface area contributed by atoms with Crippen LogP contribution >= 0.6 is 0 Å². The number of rotatable bonds is 21. The van der Waals surface area contributed by atoms with Gasteiger partial charge in [0.1, 0.15) is 35.2 Å². The Labute approximate surface area is 420 Å². The molecule has 3 aliphatic heterocycles. The van der Waals surface area contributed by atoms with Crippen molar-refractivity contribution in [3.8, 4) is 0 Å². The zero-order chi connectivity index (χ0) is 49.8. The number of carbonyl (C=O) groups is 2. The third-order valence-electron chi connectivity index (χ3n) is 14.3. The molecule has 384 valence electrons. The molecule has 72 heavy (non-hydrogen) atoms. The van der Waals surface area contributed by atoms with Crippen LogP contribution < -0.4 is 30.9 Å². The van der Waals surface area contributed by atoms with Gasteiger partial charge in [0.15, 0.2) is 5.78 Å². The average Bonchev–Trinajstić information content (AvgIpc) is 3.93. The first-order valence-electron chi connectivity index (χ1n) is 25.6. The fourth-order valence-electron chi connectivity index (χ4n) is 10.3. The molecule has 4 aliphatic rings. The second-order valence-electron chi connectivity index (χ2n) is 19.1. The summed E-state index contributed by atoms with van der Waals surface area (Å²) in [4.78, 5) is 73.0. The molecule has 1 aliphatic carbocycles. The van der Waals surface area contributed by atoms with Gasteiger partial charge in [-0.25, -0.2) is 24.3 Å². The molecule has 1 saturated carbocycles. The van der Waals surface area contributed by atoms with Gasteiger partial charge in [-0.05, 0) is 75.4 Å². The first-order chi connectivity index (χ1) is 35.2. The van der Waals surface area contributed by atoms with Gasteiger partial charge in [0.2, 0.25) is 11.9 Å². The van der Waals surface area contributed by atoms with Crippen LogP contribution in [0.1, 0.15) is 73.8 Å². The van der Waals surface area contributed by atoms with E-state index in [9.17, 15) is 18.8 Å². The fourth-order valence-corrected chi connectivity index (χ4v) is 10.3. The minimum absolute atomic E-state index is 0.00165. The monoisotopic (exact) mass is 990 g/mol. The van der Waals surface area contributed by atoms with Crippen molar-refractivity contribution in [3.63, 3.8) is 0 Å². The van der Waals surface area contributed by atoms with Crippen LogP contribution in [-0.4, -0.2) is 169 Å². The number of carbonyl (C=O) groups excluding carboxylic acids is 2. The van der Waals surface area contributed by atoms with E-state index in [-0.39, 0.29) is 40.7 Å². The maximum Gasteiger partial charge on any atom is 0.263 e. The Bertz CT molecular complexity index is 2670. The Morgan fingerprint density at radius 2 is 1.49 bits per heavy atom. The largest absolute Gasteiger partial charge is 0.379 e. The highest BCUT2D eigenvalue weighted by atomic mass is 19.1. The van der Waals surface area contributed by atoms with E-state index in [1.54, 1.807) is 42.3 Å². The molecule has 7 heterocycles. The number of piperazine rings is 2. The van der Waals surface area contributed by atoms with E-state index >= 15 is 0 Å². The van der Waals surface area contributed by atoms with Gasteiger partial charge >= 0.3 is 0 Å². The molecule has 4 aromatic heterocycles. The van der Waals surface area contributed by atoms with E-state index < -0.39 is 0 Å². The van der Waals surface area contributed by atoms with Gasteiger partial charge < -0.3 is 44.4 Å². The highest BCUT2D eigenvalue weighted by molar-refractivity contribution is 5.99. The molecular weight excluding hydrogens is 922 g/mol. The lowest BCUT2D eigenvalue weighted by Gasteiger charge is -2.36. The second-order valence-corrected chi connectivity index (χ2v) is 19.1. The van der Waals surface area contributed by atoms with Crippen molar-refractivity contribution < 1.29 is 28.2 Å². The van der Waals surface area contributed by atoms with E-state index in [4.69, 9.17) is 19.2 Å². The SMILES string of the molecule is CC(=O)c1c(C)c2cnc(Nc3ccc(N4CCN(C(=O)CCOCCOCCOCCN5CCN(c6cc(N[C@@H]7CCCN(c8cccc(F)c8)C7)ncn6)CC5)CC4)cn3)nc2n(C2CCCC2)c1=O. The van der Waals surface area contributed by atoms with Crippen LogP contribution in [0.25, 0.3) is 11.0 Å². The Morgan fingerprint density at radius 3 is 2.22 bits per heavy atom. The number of Topliss-reactive ketones (excluding diaryl/α,β-unsaturated/α-hetero) is 1. The summed E-state index contributed by atoms with van der Waals surface area (Å²) in [5.41, 5.74) is 2.92. The summed E-state index contributed by atoms with van der Waals surface area (Å²) >= 11 is 0. The third-order valence-corrected chi connectivity index (χ3v) is 14.3. The highest BCUT2D eigenvalue weighted by Crippen LogP contribution is 2.32. The summed E-state index contributed by atoms with van der Waals surface area (Å²) in [6.07, 6.45) is 11.3. The lowest BCUT2D eigenvalue weighted by atomic mass is 10.0. The number of nitrogens with zero attached hydrogens (tertiary/aromatic N) is 11. The highest BCUT2D eigenvalue weighted by Gasteiger charge is 2.27. The molecule has 0 radical (unpaired) electrons. The topological polar surface area (TPSA) is 189 Å². The number of fused-ring (bicyclic) bond motifs is 1. The molecule has 1 atom stereocenters. The number of aromatic nitrogens is 6. The van der Waals surface area contributed by atoms with E-state index in [0.717, 1.165) is 107 Å². The summed E-state index contributed by atoms with van der Waals surface area (Å²) < 4.78 is 32.8. The maximum atomic E-state index is 13.8. The van der Waals surface area contributed by atoms with Crippen molar-refractivity contribution in [3.05, 3.63) is 88.5 Å². The average molecular weight is 990 g/mol. The molecule has 19 nitrogen and oxygen atoms in total. The molecule has 3 saturated heterocycles. The van der Waals surface area contributed by atoms with E-state index in [0.29, 0.717) is 101 Å². The van der Waals surface area contributed by atoms with Crippen LogP contribution in [0, 0.1) is 12.7 Å². The molecule has 9 rings (SSSR count). The van der Waals surface area contributed by atoms with Crippen LogP contribution in [0.5, 0.6) is 0 Å². The van der Waals surface area contributed by atoms with Gasteiger partial charge in [-0.3, -0.25) is 23.9 Å². The van der Waals surface area contributed by atoms with Crippen molar-refractivity contribution in [1.29, 1.82) is 0 Å². The fraction of sp³-hybridized carbons (Fsp3) is 0.538. The second kappa shape index (κ2) is 24.4. The third kappa shape index (κ3) is 12.8. The number of benzene rings is 1. The molecule has 1 amide bonds. The molecule has 5 aromatic rings. The van der Waals surface area contributed by atoms with Crippen molar-refractivity contribution in [2.45, 2.75) is 70.9 Å². The lowest BCUT2D eigenvalue weighted by molar-refractivity contribution is -0.132. The van der Waals surface area contributed by atoms with Gasteiger partial charge in [0, 0.05) is 107 Å². The Kier molecular flexibility index (Phi) is 17.1. The van der Waals surface area contributed by atoms with Crippen LogP contribution in [0.2, 0.25) is 0 Å². The molecule has 0 unspecified atom stereocenters. The number of anilines is 6. The van der Waals surface area contributed by atoms with Crippen LogP contribution in [-0.2, 0) is 19.0 Å². The summed E-state index contributed by atoms with van der Waals surface area (Å²) in [5, 5.41) is 7.48. The van der Waals surface area contributed by atoms with Crippen LogP contribution in [0.15, 0.2) is 66.0 Å². The number of amides is 1. The van der Waals surface area contributed by atoms with Gasteiger partial charge in [-0.1, -0.05) is 18.9 Å². The smallest absolute Gasteiger partial charge is 0.263 e. The predicted molar refractivity (Wildman–Crippen MR) is 275 cm³/mol. The van der Waals surface area contributed by atoms with Crippen LogP contribution in [0.4, 0.5) is 39.2 Å². The number of nitrogens with one attached hydrogen (secondary N) is 2. The van der Waals surface area contributed by atoms with Gasteiger partial charge in [0.25, 0.3) is 5.56 Å². The quantitative estimate of drug-likeness (QED) is 0.0695. The van der Waals surface area contributed by atoms with Crippen molar-refractivity contribution in [2.75, 3.05) is 137 Å². The number of hydrogen-bond acceptors (Lipinski definition) is 17. The molecule has 0 bridgehead atoms. The Morgan fingerprint density at radius 1 is 0.736 bits per heavy atom. The van der Waals surface area contributed by atoms with Crippen molar-refractivity contribution in [2.24, 2.45) is 0 Å². The first kappa shape index (κ1) is 50.6. The van der Waals surface area contributed by atoms with E-state index in [2.05, 4.69) is 50.2 Å². The standard InChI is InChI=1S/C52H68FN13O6/c1-37-44-34-55-52(60-50(44)66(41-9-3-4-10-41)51(69)49(37)38(2)67)59-45-13-12-43(33-54-45)62-20-22-64(23-21-62)48(68)14-25-70-27-29-72-30-28-71-26-24-61-16-18-63(19-17-61)47-32-46(56-36-57-47)58-40-8-6-15-65(35-40)42-11-5-7-39(53)31-42/h5,7,11-13,31-34,36,40-41H,3-4,6,8-10,14-30,35H2,1-2H3,(H,56,57,58)(H,54,55,59,60)/t40-/m1/s1. The predicted octanol–water partition coefficient (Wildman–Crippen LogP) is 5.48. The summed E-state index contributed by atoms with van der Waals surface area (Å²) in [6, 6.07) is 12.9. The number of ether oxygens (including phenoxy) is 3. The van der Waals surface area contributed by atoms with E-state index in [1.807, 2.05) is 29.2 Å². The summed E-state index contributed by atoms with van der Waals surface area (Å²) in [6.45, 7) is 14.8. The van der Waals surface area contributed by atoms with E-state index in [1.165, 1.54) is 13.0 Å². The normalized spacial score (nSPS) is 18.0.